The first-order chi connectivity index (χ1) is 25.6. The van der Waals surface area contributed by atoms with Gasteiger partial charge in [0.15, 0.2) is 23.0 Å². The zero-order valence-electron chi connectivity index (χ0n) is 29.2. The molecule has 0 aliphatic carbocycles. The number of hydrogen-bond donors (Lipinski definition) is 1. The average molecular weight is 732 g/mol. The summed E-state index contributed by atoms with van der Waals surface area (Å²) in [5.41, 5.74) is 1.78. The Bertz CT molecular complexity index is 1910. The molecule has 0 spiro atoms. The molecule has 0 bridgehead atoms. The van der Waals surface area contributed by atoms with E-state index < -0.39 is 17.6 Å². The molecule has 7 rings (SSSR count). The van der Waals surface area contributed by atoms with Crippen LogP contribution in [-0.4, -0.2) is 79.8 Å². The molecule has 3 aliphatic rings. The number of halogens is 3. The van der Waals surface area contributed by atoms with E-state index in [4.69, 9.17) is 18.9 Å². The van der Waals surface area contributed by atoms with Crippen molar-refractivity contribution in [3.8, 4) is 28.9 Å². The van der Waals surface area contributed by atoms with Crippen LogP contribution in [0.4, 0.5) is 24.5 Å². The fraction of sp³-hybridized carbons (Fsp3) is 0.359. The van der Waals surface area contributed by atoms with Gasteiger partial charge in [0.25, 0.3) is 5.91 Å². The van der Waals surface area contributed by atoms with E-state index in [2.05, 4.69) is 26.2 Å². The number of nitrogens with zero attached hydrogens (tertiary/aromatic N) is 4. The highest BCUT2D eigenvalue weighted by molar-refractivity contribution is 6.04. The van der Waals surface area contributed by atoms with Crippen LogP contribution in [0, 0.1) is 5.92 Å². The van der Waals surface area contributed by atoms with Gasteiger partial charge in [0.2, 0.25) is 18.6 Å². The zero-order valence-corrected chi connectivity index (χ0v) is 29.2. The van der Waals surface area contributed by atoms with Crippen LogP contribution in [0.5, 0.6) is 28.9 Å². The van der Waals surface area contributed by atoms with Gasteiger partial charge in [0.1, 0.15) is 0 Å². The Kier molecular flexibility index (Phi) is 10.6. The second-order valence-corrected chi connectivity index (χ2v) is 13.3. The number of rotatable bonds is 10. The van der Waals surface area contributed by atoms with E-state index in [9.17, 15) is 22.8 Å². The average Bonchev–Trinajstić information content (AvgIpc) is 3.64. The van der Waals surface area contributed by atoms with Crippen molar-refractivity contribution in [1.29, 1.82) is 0 Å². The molecular formula is C39H40F3N5O6. The van der Waals surface area contributed by atoms with Gasteiger partial charge in [-0.3, -0.25) is 14.5 Å². The number of carbonyl (C=O) groups is 2. The number of piperazine rings is 1. The number of hydrogen-bond acceptors (Lipinski definition) is 9. The Morgan fingerprint density at radius 3 is 2.32 bits per heavy atom. The normalized spacial score (nSPS) is 16.4. The fourth-order valence-electron chi connectivity index (χ4n) is 6.80. The standard InChI is InChI=1S/C39H40F3N5O6/c1-50-34-22-31(8-10-33(34)53-36-11-7-30(23-43-36)44-38(49)28-3-5-29(6-4-28)39(40,41)42)46-14-12-26(13-15-46)21-37(48)47-18-16-45(17-19-47)24-27-2-9-32-35(20-27)52-25-51-32/h2-11,20,22-23,26H,12-19,21,24-25H2,1H3,(H,44,49). The summed E-state index contributed by atoms with van der Waals surface area (Å²) in [4.78, 5) is 36.7. The lowest BCUT2D eigenvalue weighted by Crippen LogP contribution is -2.48. The number of alkyl halides is 3. The van der Waals surface area contributed by atoms with E-state index in [1.54, 1.807) is 19.2 Å². The Balaban J connectivity index is 0.855. The molecule has 2 fully saturated rings. The third-order valence-electron chi connectivity index (χ3n) is 9.84. The highest BCUT2D eigenvalue weighted by Gasteiger charge is 2.30. The highest BCUT2D eigenvalue weighted by Crippen LogP contribution is 2.37. The van der Waals surface area contributed by atoms with Crippen LogP contribution >= 0.6 is 0 Å². The molecule has 1 aromatic heterocycles. The number of methoxy groups -OCH3 is 1. The van der Waals surface area contributed by atoms with Gasteiger partial charge in [-0.15, -0.1) is 0 Å². The Hall–Kier alpha value is -5.50. The number of amides is 2. The molecule has 3 aliphatic heterocycles. The number of pyridine rings is 1. The van der Waals surface area contributed by atoms with Crippen molar-refractivity contribution in [2.45, 2.75) is 32.0 Å². The van der Waals surface area contributed by atoms with Crippen LogP contribution in [0.3, 0.4) is 0 Å². The summed E-state index contributed by atoms with van der Waals surface area (Å²) < 4.78 is 61.0. The first-order valence-corrected chi connectivity index (χ1v) is 17.6. The molecular weight excluding hydrogens is 691 g/mol. The van der Waals surface area contributed by atoms with E-state index in [1.165, 1.54) is 11.8 Å². The van der Waals surface area contributed by atoms with Crippen LogP contribution in [0.2, 0.25) is 0 Å². The molecule has 278 valence electrons. The number of benzene rings is 3. The second-order valence-electron chi connectivity index (χ2n) is 13.3. The van der Waals surface area contributed by atoms with Crippen LogP contribution in [-0.2, 0) is 17.5 Å². The summed E-state index contributed by atoms with van der Waals surface area (Å²) in [5, 5.41) is 2.62. The summed E-state index contributed by atoms with van der Waals surface area (Å²) in [6.07, 6.45) is -0.676. The molecule has 14 heteroatoms. The Morgan fingerprint density at radius 1 is 0.868 bits per heavy atom. The van der Waals surface area contributed by atoms with Gasteiger partial charge < -0.3 is 34.1 Å². The molecule has 0 radical (unpaired) electrons. The maximum absolute atomic E-state index is 13.2. The van der Waals surface area contributed by atoms with Crippen LogP contribution in [0.25, 0.3) is 0 Å². The van der Waals surface area contributed by atoms with Gasteiger partial charge in [-0.05, 0) is 78.9 Å². The molecule has 0 saturated carbocycles. The monoisotopic (exact) mass is 731 g/mol. The van der Waals surface area contributed by atoms with Gasteiger partial charge in [0.05, 0.1) is 24.6 Å². The van der Waals surface area contributed by atoms with E-state index in [0.717, 1.165) is 100 Å². The molecule has 4 heterocycles. The Labute approximate surface area is 305 Å². The van der Waals surface area contributed by atoms with E-state index >= 15 is 0 Å². The lowest BCUT2D eigenvalue weighted by molar-refractivity contribution is -0.137. The topological polar surface area (TPSA) is 106 Å². The van der Waals surface area contributed by atoms with E-state index in [1.807, 2.05) is 35.2 Å². The van der Waals surface area contributed by atoms with Gasteiger partial charge in [0, 0.05) is 75.6 Å². The molecule has 4 aromatic rings. The fourth-order valence-corrected chi connectivity index (χ4v) is 6.80. The molecule has 1 N–H and O–H groups in total. The van der Waals surface area contributed by atoms with Gasteiger partial charge in [-0.1, -0.05) is 6.07 Å². The summed E-state index contributed by atoms with van der Waals surface area (Å²) >= 11 is 0. The number of piperidine rings is 1. The molecule has 0 unspecified atom stereocenters. The molecule has 2 amide bonds. The third kappa shape index (κ3) is 8.76. The first-order valence-electron chi connectivity index (χ1n) is 17.6. The largest absolute Gasteiger partial charge is 0.493 e. The number of fused-ring (bicyclic) bond motifs is 1. The number of nitrogens with one attached hydrogen (secondary N) is 1. The van der Waals surface area contributed by atoms with E-state index in [-0.39, 0.29) is 24.1 Å². The minimum absolute atomic E-state index is 0.0841. The smallest absolute Gasteiger partial charge is 0.416 e. The Morgan fingerprint density at radius 2 is 1.62 bits per heavy atom. The van der Waals surface area contributed by atoms with Crippen molar-refractivity contribution in [2.75, 3.05) is 63.4 Å². The maximum Gasteiger partial charge on any atom is 0.416 e. The lowest BCUT2D eigenvalue weighted by Gasteiger charge is -2.37. The first kappa shape index (κ1) is 35.9. The van der Waals surface area contributed by atoms with Crippen molar-refractivity contribution in [2.24, 2.45) is 5.92 Å². The van der Waals surface area contributed by atoms with Gasteiger partial charge >= 0.3 is 6.18 Å². The molecule has 11 nitrogen and oxygen atoms in total. The van der Waals surface area contributed by atoms with Crippen LogP contribution < -0.4 is 29.2 Å². The number of ether oxygens (including phenoxy) is 4. The minimum atomic E-state index is -4.48. The summed E-state index contributed by atoms with van der Waals surface area (Å²) in [5.74, 6) is 2.84. The van der Waals surface area contributed by atoms with Crippen molar-refractivity contribution in [1.82, 2.24) is 14.8 Å². The van der Waals surface area contributed by atoms with Gasteiger partial charge in [-0.25, -0.2) is 4.98 Å². The zero-order chi connectivity index (χ0) is 37.0. The lowest BCUT2D eigenvalue weighted by atomic mass is 9.92. The maximum atomic E-state index is 13.2. The molecule has 2 saturated heterocycles. The summed E-state index contributed by atoms with van der Waals surface area (Å²) in [7, 11) is 1.56. The second kappa shape index (κ2) is 15.6. The van der Waals surface area contributed by atoms with Crippen molar-refractivity contribution in [3.63, 3.8) is 0 Å². The third-order valence-corrected chi connectivity index (χ3v) is 9.84. The summed E-state index contributed by atoms with van der Waals surface area (Å²) in [6, 6.07) is 18.9. The van der Waals surface area contributed by atoms with E-state index in [0.29, 0.717) is 29.5 Å². The molecule has 0 atom stereocenters. The SMILES string of the molecule is COc1cc(N2CCC(CC(=O)N3CCN(Cc4ccc5c(c4)OCO5)CC3)CC2)ccc1Oc1ccc(NC(=O)c2ccc(C(F)(F)F)cc2)cn1. The van der Waals surface area contributed by atoms with Gasteiger partial charge in [-0.2, -0.15) is 13.2 Å². The van der Waals surface area contributed by atoms with Crippen molar-refractivity contribution < 1.29 is 41.7 Å². The number of anilines is 2. The molecule has 53 heavy (non-hydrogen) atoms. The highest BCUT2D eigenvalue weighted by atomic mass is 19.4. The predicted octanol–water partition coefficient (Wildman–Crippen LogP) is 6.83. The predicted molar refractivity (Wildman–Crippen MR) is 191 cm³/mol. The number of carbonyl (C=O) groups excluding carboxylic acids is 2. The van der Waals surface area contributed by atoms with Crippen molar-refractivity contribution >= 4 is 23.2 Å². The van der Waals surface area contributed by atoms with Crippen molar-refractivity contribution in [3.05, 3.63) is 95.7 Å². The summed E-state index contributed by atoms with van der Waals surface area (Å²) in [6.45, 7) is 5.89. The molecule has 3 aromatic carbocycles. The quantitative estimate of drug-likeness (QED) is 0.188. The number of aromatic nitrogens is 1. The van der Waals surface area contributed by atoms with Crippen LogP contribution in [0.1, 0.15) is 40.7 Å². The van der Waals surface area contributed by atoms with Crippen LogP contribution in [0.15, 0.2) is 79.0 Å². The minimum Gasteiger partial charge on any atom is -0.493 e.